The van der Waals surface area contributed by atoms with Crippen molar-refractivity contribution >= 4 is 46.5 Å². The molecule has 0 heterocycles. The fourth-order valence-electron chi connectivity index (χ4n) is 1.19. The standard InChI is InChI=1S/C10H11BBrClN2O4/c12-8-2-1-6(13)3-7(8)10(17)14-4-9(16)15-5-11(18)19/h1-3,18-19H,4-5H2,(H,14,17)(H,15,16). The van der Waals surface area contributed by atoms with Crippen molar-refractivity contribution in [1.82, 2.24) is 10.6 Å². The minimum atomic E-state index is -1.62. The predicted octanol–water partition coefficient (Wildman–Crippen LogP) is -0.0395. The number of rotatable bonds is 5. The number of benzene rings is 1. The van der Waals surface area contributed by atoms with Crippen molar-refractivity contribution in [2.24, 2.45) is 0 Å². The molecule has 0 aliphatic heterocycles. The van der Waals surface area contributed by atoms with Crippen LogP contribution in [-0.4, -0.2) is 42.0 Å². The summed E-state index contributed by atoms with van der Waals surface area (Å²) in [6, 6.07) is 4.72. The van der Waals surface area contributed by atoms with Gasteiger partial charge >= 0.3 is 7.12 Å². The van der Waals surface area contributed by atoms with Crippen molar-refractivity contribution < 1.29 is 19.6 Å². The summed E-state index contributed by atoms with van der Waals surface area (Å²) in [5.74, 6) is -0.992. The number of hydrogen-bond donors (Lipinski definition) is 4. The monoisotopic (exact) mass is 348 g/mol. The first kappa shape index (κ1) is 16.0. The third-order valence-electron chi connectivity index (χ3n) is 2.06. The molecular weight excluding hydrogens is 338 g/mol. The molecule has 102 valence electrons. The van der Waals surface area contributed by atoms with Crippen molar-refractivity contribution in [1.29, 1.82) is 0 Å². The summed E-state index contributed by atoms with van der Waals surface area (Å²) in [6.45, 7) is -0.273. The van der Waals surface area contributed by atoms with Gasteiger partial charge in [-0.1, -0.05) is 11.6 Å². The quantitative estimate of drug-likeness (QED) is 0.561. The van der Waals surface area contributed by atoms with Crippen molar-refractivity contribution in [2.75, 3.05) is 13.0 Å². The van der Waals surface area contributed by atoms with Crippen LogP contribution in [0.1, 0.15) is 10.4 Å². The molecule has 9 heteroatoms. The molecule has 6 nitrogen and oxygen atoms in total. The van der Waals surface area contributed by atoms with Gasteiger partial charge in [-0.2, -0.15) is 0 Å². The molecule has 0 bridgehead atoms. The van der Waals surface area contributed by atoms with Gasteiger partial charge in [0.2, 0.25) is 5.91 Å². The van der Waals surface area contributed by atoms with Crippen LogP contribution in [0, 0.1) is 0 Å². The maximum Gasteiger partial charge on any atom is 0.472 e. The lowest BCUT2D eigenvalue weighted by molar-refractivity contribution is -0.119. The molecule has 0 spiro atoms. The third-order valence-corrected chi connectivity index (χ3v) is 2.99. The van der Waals surface area contributed by atoms with Gasteiger partial charge in [0.05, 0.1) is 18.6 Å². The van der Waals surface area contributed by atoms with E-state index in [1.807, 2.05) is 0 Å². The minimum Gasteiger partial charge on any atom is -0.426 e. The number of carbonyl (C=O) groups excluding carboxylic acids is 2. The summed E-state index contributed by atoms with van der Waals surface area (Å²) in [5, 5.41) is 22.1. The molecule has 0 aliphatic rings. The largest absolute Gasteiger partial charge is 0.472 e. The molecule has 0 saturated carbocycles. The Bertz CT molecular complexity index is 487. The van der Waals surface area contributed by atoms with E-state index in [1.54, 1.807) is 12.1 Å². The smallest absolute Gasteiger partial charge is 0.426 e. The van der Waals surface area contributed by atoms with Crippen LogP contribution in [-0.2, 0) is 4.79 Å². The zero-order valence-corrected chi connectivity index (χ0v) is 12.0. The summed E-state index contributed by atoms with van der Waals surface area (Å²) in [7, 11) is -1.62. The van der Waals surface area contributed by atoms with E-state index < -0.39 is 18.9 Å². The molecule has 0 atom stereocenters. The Morgan fingerprint density at radius 2 is 2.00 bits per heavy atom. The summed E-state index contributed by atoms with van der Waals surface area (Å²) < 4.78 is 0.556. The van der Waals surface area contributed by atoms with Gasteiger partial charge in [0.1, 0.15) is 0 Å². The number of halogens is 2. The molecule has 0 aliphatic carbocycles. The molecule has 1 aromatic carbocycles. The Morgan fingerprint density at radius 3 is 2.63 bits per heavy atom. The summed E-state index contributed by atoms with van der Waals surface area (Å²) >= 11 is 8.97. The maximum atomic E-state index is 11.8. The van der Waals surface area contributed by atoms with Crippen LogP contribution in [0.15, 0.2) is 22.7 Å². The van der Waals surface area contributed by atoms with Crippen molar-refractivity contribution in [3.63, 3.8) is 0 Å². The Balaban J connectivity index is 2.51. The second-order valence-corrected chi connectivity index (χ2v) is 4.88. The van der Waals surface area contributed by atoms with Crippen LogP contribution < -0.4 is 10.6 Å². The number of nitrogens with one attached hydrogen (secondary N) is 2. The Labute approximate surface area is 123 Å². The van der Waals surface area contributed by atoms with Gasteiger partial charge in [-0.15, -0.1) is 0 Å². The van der Waals surface area contributed by atoms with Crippen LogP contribution in [0.25, 0.3) is 0 Å². The summed E-state index contributed by atoms with van der Waals surface area (Å²) in [5.41, 5.74) is 0.308. The lowest BCUT2D eigenvalue weighted by Gasteiger charge is -2.08. The van der Waals surface area contributed by atoms with E-state index in [0.717, 1.165) is 0 Å². The van der Waals surface area contributed by atoms with Crippen LogP contribution in [0.3, 0.4) is 0 Å². The van der Waals surface area contributed by atoms with E-state index in [-0.39, 0.29) is 13.0 Å². The molecule has 1 rings (SSSR count). The van der Waals surface area contributed by atoms with Gasteiger partial charge in [-0.3, -0.25) is 9.59 Å². The molecular formula is C10H11BBrClN2O4. The first-order chi connectivity index (χ1) is 8.90. The van der Waals surface area contributed by atoms with Crippen LogP contribution in [0.2, 0.25) is 5.02 Å². The van der Waals surface area contributed by atoms with E-state index in [1.165, 1.54) is 6.07 Å². The highest BCUT2D eigenvalue weighted by Gasteiger charge is 2.13. The highest BCUT2D eigenvalue weighted by molar-refractivity contribution is 9.10. The lowest BCUT2D eigenvalue weighted by Crippen LogP contribution is -2.41. The Morgan fingerprint density at radius 1 is 1.32 bits per heavy atom. The van der Waals surface area contributed by atoms with E-state index in [4.69, 9.17) is 21.6 Å². The molecule has 0 fully saturated rings. The van der Waals surface area contributed by atoms with Gasteiger partial charge in [0.25, 0.3) is 5.91 Å². The number of amides is 2. The zero-order chi connectivity index (χ0) is 14.4. The average Bonchev–Trinajstić information content (AvgIpc) is 2.36. The second-order valence-electron chi connectivity index (χ2n) is 3.59. The van der Waals surface area contributed by atoms with Crippen LogP contribution in [0.5, 0.6) is 0 Å². The molecule has 0 aromatic heterocycles. The Hall–Kier alpha value is -1.09. The molecule has 4 N–H and O–H groups in total. The predicted molar refractivity (Wildman–Crippen MR) is 74.7 cm³/mol. The normalized spacial score (nSPS) is 9.89. The van der Waals surface area contributed by atoms with E-state index >= 15 is 0 Å². The maximum absolute atomic E-state index is 11.8. The summed E-state index contributed by atoms with van der Waals surface area (Å²) in [4.78, 5) is 23.0. The van der Waals surface area contributed by atoms with E-state index in [9.17, 15) is 9.59 Å². The van der Waals surface area contributed by atoms with Crippen molar-refractivity contribution in [3.05, 3.63) is 33.3 Å². The lowest BCUT2D eigenvalue weighted by atomic mass is 9.92. The molecule has 0 saturated heterocycles. The molecule has 19 heavy (non-hydrogen) atoms. The molecule has 2 amide bonds. The number of hydrogen-bond acceptors (Lipinski definition) is 4. The van der Waals surface area contributed by atoms with Gasteiger partial charge in [0, 0.05) is 9.50 Å². The zero-order valence-electron chi connectivity index (χ0n) is 9.69. The van der Waals surface area contributed by atoms with Crippen LogP contribution >= 0.6 is 27.5 Å². The van der Waals surface area contributed by atoms with Gasteiger partial charge in [-0.05, 0) is 34.1 Å². The molecule has 0 radical (unpaired) electrons. The van der Waals surface area contributed by atoms with Crippen molar-refractivity contribution in [2.45, 2.75) is 0 Å². The van der Waals surface area contributed by atoms with E-state index in [0.29, 0.717) is 15.1 Å². The van der Waals surface area contributed by atoms with Crippen LogP contribution in [0.4, 0.5) is 0 Å². The first-order valence-corrected chi connectivity index (χ1v) is 6.43. The minimum absolute atomic E-state index is 0.273. The van der Waals surface area contributed by atoms with Crippen molar-refractivity contribution in [3.8, 4) is 0 Å². The van der Waals surface area contributed by atoms with Gasteiger partial charge in [-0.25, -0.2) is 0 Å². The fourth-order valence-corrected chi connectivity index (χ4v) is 1.79. The fraction of sp³-hybridized carbons (Fsp3) is 0.200. The second kappa shape index (κ2) is 7.49. The topological polar surface area (TPSA) is 98.7 Å². The Kier molecular flexibility index (Phi) is 6.30. The SMILES string of the molecule is O=C(CNC(=O)c1cc(Cl)ccc1Br)NCB(O)O. The summed E-state index contributed by atoms with van der Waals surface area (Å²) in [6.07, 6.45) is -0.296. The highest BCUT2D eigenvalue weighted by Crippen LogP contribution is 2.20. The van der Waals surface area contributed by atoms with Gasteiger partial charge < -0.3 is 20.7 Å². The number of carbonyl (C=O) groups is 2. The molecule has 0 unspecified atom stereocenters. The van der Waals surface area contributed by atoms with Gasteiger partial charge in [0.15, 0.2) is 0 Å². The highest BCUT2D eigenvalue weighted by atomic mass is 79.9. The van der Waals surface area contributed by atoms with E-state index in [2.05, 4.69) is 26.6 Å². The molecule has 1 aromatic rings. The average molecular weight is 349 g/mol. The third kappa shape index (κ3) is 5.60. The first-order valence-electron chi connectivity index (χ1n) is 5.26.